The van der Waals surface area contributed by atoms with Gasteiger partial charge in [-0.25, -0.2) is 0 Å². The van der Waals surface area contributed by atoms with Crippen LogP contribution in [0.4, 0.5) is 13.2 Å². The van der Waals surface area contributed by atoms with Crippen LogP contribution < -0.4 is 0 Å². The second-order valence-electron chi connectivity index (χ2n) is 3.90. The molecule has 0 radical (unpaired) electrons. The molecule has 2 rings (SSSR count). The van der Waals surface area contributed by atoms with Crippen molar-refractivity contribution in [1.29, 1.82) is 0 Å². The topological polar surface area (TPSA) is 40.5 Å². The Morgan fingerprint density at radius 3 is 2.29 bits per heavy atom. The minimum Gasteiger partial charge on any atom is -0.375 e. The molecule has 1 atom stereocenters. The van der Waals surface area contributed by atoms with E-state index in [2.05, 4.69) is 0 Å². The van der Waals surface area contributed by atoms with Gasteiger partial charge >= 0.3 is 6.30 Å². The van der Waals surface area contributed by atoms with Gasteiger partial charge in [0.25, 0.3) is 5.91 Å². The van der Waals surface area contributed by atoms with Gasteiger partial charge in [0.2, 0.25) is 0 Å². The molecule has 92 valence electrons. The average Bonchev–Trinajstić information content (AvgIpc) is 2.58. The van der Waals surface area contributed by atoms with Gasteiger partial charge in [-0.15, -0.1) is 13.2 Å². The molecule has 1 aromatic carbocycles. The van der Waals surface area contributed by atoms with Gasteiger partial charge in [-0.1, -0.05) is 30.3 Å². The number of hydrogen-bond acceptors (Lipinski definition) is 2. The highest BCUT2D eigenvalue weighted by molar-refractivity contribution is 5.88. The first kappa shape index (κ1) is 11.9. The van der Waals surface area contributed by atoms with E-state index in [1.165, 1.54) is 12.1 Å². The number of likely N-dealkylation sites (tertiary alicyclic amines) is 1. The number of rotatable bonds is 1. The van der Waals surface area contributed by atoms with Gasteiger partial charge in [0.15, 0.2) is 5.60 Å². The van der Waals surface area contributed by atoms with Crippen molar-refractivity contribution in [2.75, 3.05) is 6.54 Å². The molecule has 6 heteroatoms. The van der Waals surface area contributed by atoms with Gasteiger partial charge in [0, 0.05) is 13.0 Å². The summed E-state index contributed by atoms with van der Waals surface area (Å²) in [6, 6.07) is 7.68. The minimum absolute atomic E-state index is 0.191. The summed E-state index contributed by atoms with van der Waals surface area (Å²) in [5.41, 5.74) is -1.87. The van der Waals surface area contributed by atoms with Crippen LogP contribution in [0.1, 0.15) is 12.0 Å². The number of hydrogen-bond donors (Lipinski definition) is 1. The predicted molar refractivity (Wildman–Crippen MR) is 52.7 cm³/mol. The molecule has 0 aliphatic carbocycles. The lowest BCUT2D eigenvalue weighted by molar-refractivity contribution is -0.237. The van der Waals surface area contributed by atoms with Crippen molar-refractivity contribution in [3.05, 3.63) is 35.9 Å². The van der Waals surface area contributed by atoms with Crippen molar-refractivity contribution >= 4 is 5.91 Å². The third-order valence-corrected chi connectivity index (χ3v) is 2.85. The van der Waals surface area contributed by atoms with Crippen LogP contribution in [0.2, 0.25) is 0 Å². The smallest absolute Gasteiger partial charge is 0.375 e. The van der Waals surface area contributed by atoms with E-state index in [1.807, 2.05) is 0 Å². The molecule has 1 N–H and O–H groups in total. The zero-order chi connectivity index (χ0) is 12.7. The van der Waals surface area contributed by atoms with Crippen molar-refractivity contribution < 1.29 is 23.1 Å². The van der Waals surface area contributed by atoms with Gasteiger partial charge < -0.3 is 5.11 Å². The molecule has 1 saturated heterocycles. The highest BCUT2D eigenvalue weighted by atomic mass is 19.4. The minimum atomic E-state index is -4.74. The SMILES string of the molecule is O=C1N(C(F)(F)F)CC[C@]1(O)c1ccccc1. The molecule has 0 spiro atoms. The van der Waals surface area contributed by atoms with E-state index in [0.717, 1.165) is 0 Å². The lowest BCUT2D eigenvalue weighted by Crippen LogP contribution is -2.44. The van der Waals surface area contributed by atoms with Crippen LogP contribution >= 0.6 is 0 Å². The van der Waals surface area contributed by atoms with Crippen LogP contribution in [-0.4, -0.2) is 28.8 Å². The van der Waals surface area contributed by atoms with E-state index in [9.17, 15) is 23.1 Å². The average molecular weight is 245 g/mol. The molecule has 0 unspecified atom stereocenters. The third kappa shape index (κ3) is 1.88. The fourth-order valence-corrected chi connectivity index (χ4v) is 1.93. The molecular weight excluding hydrogens is 235 g/mol. The van der Waals surface area contributed by atoms with Gasteiger partial charge in [-0.2, -0.15) is 0 Å². The van der Waals surface area contributed by atoms with Crippen LogP contribution in [0, 0.1) is 0 Å². The quantitative estimate of drug-likeness (QED) is 0.764. The van der Waals surface area contributed by atoms with Crippen molar-refractivity contribution in [2.45, 2.75) is 18.3 Å². The van der Waals surface area contributed by atoms with E-state index in [1.54, 1.807) is 18.2 Å². The van der Waals surface area contributed by atoms with Crippen LogP contribution in [-0.2, 0) is 10.4 Å². The Morgan fingerprint density at radius 1 is 1.24 bits per heavy atom. The van der Waals surface area contributed by atoms with Crippen LogP contribution in [0.25, 0.3) is 0 Å². The number of halogens is 3. The maximum atomic E-state index is 12.5. The summed E-state index contributed by atoms with van der Waals surface area (Å²) in [6.07, 6.45) is -4.99. The van der Waals surface area contributed by atoms with Crippen molar-refractivity contribution in [3.63, 3.8) is 0 Å². The molecule has 1 aliphatic rings. The number of nitrogens with zero attached hydrogens (tertiary/aromatic N) is 1. The summed E-state index contributed by atoms with van der Waals surface area (Å²) < 4.78 is 37.4. The molecule has 0 saturated carbocycles. The molecule has 0 bridgehead atoms. The third-order valence-electron chi connectivity index (χ3n) is 2.85. The maximum Gasteiger partial charge on any atom is 0.487 e. The first-order valence-electron chi connectivity index (χ1n) is 5.02. The molecule has 1 amide bonds. The fraction of sp³-hybridized carbons (Fsp3) is 0.364. The highest BCUT2D eigenvalue weighted by Crippen LogP contribution is 2.38. The Balaban J connectivity index is 2.34. The molecule has 1 fully saturated rings. The van der Waals surface area contributed by atoms with E-state index < -0.39 is 24.4 Å². The Hall–Kier alpha value is -1.56. The molecule has 1 aliphatic heterocycles. The number of amides is 1. The first-order valence-corrected chi connectivity index (χ1v) is 5.02. The van der Waals surface area contributed by atoms with E-state index in [-0.39, 0.29) is 16.9 Å². The monoisotopic (exact) mass is 245 g/mol. The summed E-state index contributed by atoms with van der Waals surface area (Å²) in [5.74, 6) is -1.31. The lowest BCUT2D eigenvalue weighted by Gasteiger charge is -2.23. The number of carbonyl (C=O) groups is 1. The lowest BCUT2D eigenvalue weighted by atomic mass is 9.92. The predicted octanol–water partition coefficient (Wildman–Crippen LogP) is 1.63. The molecule has 0 aromatic heterocycles. The molecule has 3 nitrogen and oxygen atoms in total. The first-order chi connectivity index (χ1) is 7.86. The number of alkyl halides is 3. The van der Waals surface area contributed by atoms with Crippen LogP contribution in [0.15, 0.2) is 30.3 Å². The maximum absolute atomic E-state index is 12.5. The second-order valence-corrected chi connectivity index (χ2v) is 3.90. The van der Waals surface area contributed by atoms with Gasteiger partial charge in [0.05, 0.1) is 0 Å². The second kappa shape index (κ2) is 3.73. The van der Waals surface area contributed by atoms with Crippen molar-refractivity contribution in [3.8, 4) is 0 Å². The summed E-state index contributed by atoms with van der Waals surface area (Å²) >= 11 is 0. The standard InChI is InChI=1S/C11H10F3NO2/c12-11(13,14)15-7-6-10(17,9(15)16)8-4-2-1-3-5-8/h1-5,17H,6-7H2/t10-/m0/s1. The Bertz CT molecular complexity index is 432. The molecule has 17 heavy (non-hydrogen) atoms. The molecule has 1 aromatic rings. The summed E-state index contributed by atoms with van der Waals surface area (Å²) in [6.45, 7) is -0.520. The van der Waals surface area contributed by atoms with Gasteiger partial charge in [0.1, 0.15) is 0 Å². The molecular formula is C11H10F3NO2. The summed E-state index contributed by atoms with van der Waals surface area (Å²) in [5, 5.41) is 10.1. The summed E-state index contributed by atoms with van der Waals surface area (Å²) in [4.78, 5) is 11.4. The summed E-state index contributed by atoms with van der Waals surface area (Å²) in [7, 11) is 0. The van der Waals surface area contributed by atoms with Gasteiger partial charge in [-0.05, 0) is 5.56 Å². The highest BCUT2D eigenvalue weighted by Gasteiger charge is 2.55. The number of aliphatic hydroxyl groups is 1. The normalized spacial score (nSPS) is 25.4. The Labute approximate surface area is 95.5 Å². The van der Waals surface area contributed by atoms with Gasteiger partial charge in [-0.3, -0.25) is 9.69 Å². The largest absolute Gasteiger partial charge is 0.487 e. The van der Waals surface area contributed by atoms with Crippen LogP contribution in [0.3, 0.4) is 0 Å². The Morgan fingerprint density at radius 2 is 1.82 bits per heavy atom. The van der Waals surface area contributed by atoms with E-state index in [4.69, 9.17) is 0 Å². The number of benzene rings is 1. The zero-order valence-electron chi connectivity index (χ0n) is 8.74. The van der Waals surface area contributed by atoms with E-state index in [0.29, 0.717) is 0 Å². The van der Waals surface area contributed by atoms with E-state index >= 15 is 0 Å². The Kier molecular flexibility index (Phi) is 2.61. The van der Waals surface area contributed by atoms with Crippen molar-refractivity contribution in [2.24, 2.45) is 0 Å². The zero-order valence-corrected chi connectivity index (χ0v) is 8.74. The fourth-order valence-electron chi connectivity index (χ4n) is 1.93. The molecule has 1 heterocycles. The number of carbonyl (C=O) groups excluding carboxylic acids is 1. The van der Waals surface area contributed by atoms with Crippen LogP contribution in [0.5, 0.6) is 0 Å². The van der Waals surface area contributed by atoms with Crippen molar-refractivity contribution in [1.82, 2.24) is 4.90 Å².